The Bertz CT molecular complexity index is 439. The van der Waals surface area contributed by atoms with Crippen LogP contribution in [-0.4, -0.2) is 22.1 Å². The van der Waals surface area contributed by atoms with Crippen LogP contribution in [0.1, 0.15) is 25.1 Å². The number of hydrogen-bond donors (Lipinski definition) is 1. The second-order valence-electron chi connectivity index (χ2n) is 4.19. The summed E-state index contributed by atoms with van der Waals surface area (Å²) in [6.45, 7) is 1.90. The lowest BCUT2D eigenvalue weighted by Gasteiger charge is -2.28. The van der Waals surface area contributed by atoms with Gasteiger partial charge in [0.2, 0.25) is 0 Å². The fourth-order valence-corrected chi connectivity index (χ4v) is 2.40. The largest absolute Gasteiger partial charge is 0.402 e. The van der Waals surface area contributed by atoms with Crippen LogP contribution < -0.4 is 5.73 Å². The highest BCUT2D eigenvalue weighted by atomic mass is 79.9. The predicted octanol–water partition coefficient (Wildman–Crippen LogP) is 3.80. The van der Waals surface area contributed by atoms with E-state index < -0.39 is 24.3 Å². The van der Waals surface area contributed by atoms with Crippen molar-refractivity contribution in [3.63, 3.8) is 0 Å². The van der Waals surface area contributed by atoms with E-state index in [0.29, 0.717) is 6.42 Å². The van der Waals surface area contributed by atoms with E-state index in [2.05, 4.69) is 21.0 Å². The summed E-state index contributed by atoms with van der Waals surface area (Å²) in [5, 5.41) is 3.73. The normalized spacial score (nSPS) is 14.9. The molecule has 1 unspecified atom stereocenters. The lowest BCUT2D eigenvalue weighted by Crippen LogP contribution is -2.44. The number of hydrogen-bond acceptors (Lipinski definition) is 2. The molecule has 0 radical (unpaired) electrons. The number of nitrogens with two attached hydrogens (primary N) is 1. The molecule has 1 aromatic rings. The molecule has 0 amide bonds. The molecule has 0 fully saturated rings. The first-order valence-electron chi connectivity index (χ1n) is 5.60. The molecule has 2 N–H and O–H groups in total. The lowest BCUT2D eigenvalue weighted by molar-refractivity contribution is -0.290. The van der Waals surface area contributed by atoms with Gasteiger partial charge in [-0.25, -0.2) is 0 Å². The summed E-state index contributed by atoms with van der Waals surface area (Å²) in [6.07, 6.45) is -9.35. The van der Waals surface area contributed by atoms with Crippen LogP contribution in [0.4, 0.5) is 26.3 Å². The van der Waals surface area contributed by atoms with Gasteiger partial charge in [-0.15, -0.1) is 0 Å². The third kappa shape index (κ3) is 3.66. The highest BCUT2D eigenvalue weighted by Crippen LogP contribution is 2.46. The molecule has 0 saturated heterocycles. The van der Waals surface area contributed by atoms with Crippen LogP contribution >= 0.6 is 15.9 Å². The van der Waals surface area contributed by atoms with Crippen molar-refractivity contribution in [3.05, 3.63) is 16.4 Å². The average Bonchev–Trinajstić information content (AvgIpc) is 2.55. The van der Waals surface area contributed by atoms with Gasteiger partial charge in [-0.05, 0) is 22.4 Å². The van der Waals surface area contributed by atoms with E-state index in [9.17, 15) is 26.3 Å². The third-order valence-corrected chi connectivity index (χ3v) is 3.26. The van der Waals surface area contributed by atoms with Gasteiger partial charge in [0, 0.05) is 6.54 Å². The topological polar surface area (TPSA) is 43.8 Å². The highest BCUT2D eigenvalue weighted by molar-refractivity contribution is 9.10. The van der Waals surface area contributed by atoms with Crippen molar-refractivity contribution in [3.8, 4) is 0 Å². The summed E-state index contributed by atoms with van der Waals surface area (Å²) in [4.78, 5) is 0. The van der Waals surface area contributed by atoms with E-state index in [4.69, 9.17) is 5.73 Å². The van der Waals surface area contributed by atoms with Gasteiger partial charge in [0.25, 0.3) is 0 Å². The van der Waals surface area contributed by atoms with Gasteiger partial charge in [-0.3, -0.25) is 4.68 Å². The SMILES string of the molecule is CCCn1ncc(Br)c1C(N)C(C(F)(F)F)C(F)(F)F. The molecule has 0 aliphatic carbocycles. The summed E-state index contributed by atoms with van der Waals surface area (Å²) in [5.74, 6) is -3.64. The number of rotatable bonds is 4. The molecule has 116 valence electrons. The first-order valence-corrected chi connectivity index (χ1v) is 6.39. The van der Waals surface area contributed by atoms with Gasteiger partial charge >= 0.3 is 12.4 Å². The number of halogens is 7. The Morgan fingerprint density at radius 2 is 1.75 bits per heavy atom. The van der Waals surface area contributed by atoms with E-state index in [1.807, 2.05) is 0 Å². The van der Waals surface area contributed by atoms with Crippen molar-refractivity contribution in [2.45, 2.75) is 38.3 Å². The zero-order chi connectivity index (χ0) is 15.7. The molecule has 1 rings (SSSR count). The smallest absolute Gasteiger partial charge is 0.322 e. The molecule has 0 aliphatic rings. The molecular weight excluding hydrogens is 356 g/mol. The summed E-state index contributed by atoms with van der Waals surface area (Å²) in [6, 6.07) is -2.28. The van der Waals surface area contributed by atoms with Crippen LogP contribution in [0.3, 0.4) is 0 Å². The summed E-state index contributed by atoms with van der Waals surface area (Å²) >= 11 is 2.89. The Hall–Kier alpha value is -0.770. The van der Waals surface area contributed by atoms with Crippen LogP contribution in [-0.2, 0) is 6.54 Å². The molecular formula is C10H12BrF6N3. The van der Waals surface area contributed by atoms with Gasteiger partial charge in [0.15, 0.2) is 5.92 Å². The Morgan fingerprint density at radius 3 is 2.15 bits per heavy atom. The maximum absolute atomic E-state index is 12.7. The van der Waals surface area contributed by atoms with E-state index in [0.717, 1.165) is 10.9 Å². The molecule has 3 nitrogen and oxygen atoms in total. The zero-order valence-electron chi connectivity index (χ0n) is 10.3. The molecule has 1 atom stereocenters. The van der Waals surface area contributed by atoms with Crippen molar-refractivity contribution in [1.29, 1.82) is 0 Å². The second-order valence-corrected chi connectivity index (χ2v) is 5.04. The van der Waals surface area contributed by atoms with E-state index in [1.54, 1.807) is 6.92 Å². The molecule has 0 aliphatic heterocycles. The fraction of sp³-hybridized carbons (Fsp3) is 0.700. The van der Waals surface area contributed by atoms with Gasteiger partial charge in [-0.2, -0.15) is 31.4 Å². The fourth-order valence-electron chi connectivity index (χ4n) is 1.84. The minimum atomic E-state index is -5.49. The van der Waals surface area contributed by atoms with Gasteiger partial charge in [0.05, 0.1) is 22.4 Å². The summed E-state index contributed by atoms with van der Waals surface area (Å²) < 4.78 is 77.1. The zero-order valence-corrected chi connectivity index (χ0v) is 11.8. The van der Waals surface area contributed by atoms with Crippen LogP contribution in [0, 0.1) is 5.92 Å². The summed E-state index contributed by atoms with van der Waals surface area (Å²) in [5.41, 5.74) is 4.94. The minimum absolute atomic E-state index is 0.0250. The van der Waals surface area contributed by atoms with Gasteiger partial charge in [-0.1, -0.05) is 6.92 Å². The lowest BCUT2D eigenvalue weighted by atomic mass is 9.96. The first-order chi connectivity index (χ1) is 9.00. The Morgan fingerprint density at radius 1 is 1.25 bits per heavy atom. The van der Waals surface area contributed by atoms with Crippen molar-refractivity contribution < 1.29 is 26.3 Å². The second kappa shape index (κ2) is 5.92. The molecule has 0 bridgehead atoms. The van der Waals surface area contributed by atoms with Crippen LogP contribution in [0.2, 0.25) is 0 Å². The standard InChI is InChI=1S/C10H12BrF6N3/c1-2-3-20-7(5(11)4-19-20)6(18)8(9(12,13)14)10(15,16)17/h4,6,8H,2-3,18H2,1H3. The maximum Gasteiger partial charge on any atom is 0.402 e. The monoisotopic (exact) mass is 367 g/mol. The first kappa shape index (κ1) is 17.3. The molecule has 10 heteroatoms. The maximum atomic E-state index is 12.7. The molecule has 1 aromatic heterocycles. The van der Waals surface area contributed by atoms with Crippen LogP contribution in [0.15, 0.2) is 10.7 Å². The number of alkyl halides is 6. The predicted molar refractivity (Wildman–Crippen MR) is 62.7 cm³/mol. The molecule has 0 aromatic carbocycles. The van der Waals surface area contributed by atoms with Crippen molar-refractivity contribution in [2.24, 2.45) is 11.7 Å². The number of aryl methyl sites for hydroxylation is 1. The van der Waals surface area contributed by atoms with Crippen LogP contribution in [0.25, 0.3) is 0 Å². The van der Waals surface area contributed by atoms with E-state index in [1.165, 1.54) is 0 Å². The Kier molecular flexibility index (Phi) is 5.12. The Labute approximate surface area is 119 Å². The molecule has 1 heterocycles. The van der Waals surface area contributed by atoms with Crippen LogP contribution in [0.5, 0.6) is 0 Å². The summed E-state index contributed by atoms with van der Waals surface area (Å²) in [7, 11) is 0. The van der Waals surface area contributed by atoms with E-state index >= 15 is 0 Å². The van der Waals surface area contributed by atoms with Crippen molar-refractivity contribution in [1.82, 2.24) is 9.78 Å². The Balaban J connectivity index is 3.26. The minimum Gasteiger partial charge on any atom is -0.322 e. The number of aromatic nitrogens is 2. The van der Waals surface area contributed by atoms with Crippen molar-refractivity contribution in [2.75, 3.05) is 0 Å². The van der Waals surface area contributed by atoms with E-state index in [-0.39, 0.29) is 16.7 Å². The van der Waals surface area contributed by atoms with Crippen molar-refractivity contribution >= 4 is 15.9 Å². The molecule has 0 spiro atoms. The highest BCUT2D eigenvalue weighted by Gasteiger charge is 2.60. The van der Waals surface area contributed by atoms with Gasteiger partial charge in [0.1, 0.15) is 0 Å². The van der Waals surface area contributed by atoms with Gasteiger partial charge < -0.3 is 5.73 Å². The third-order valence-electron chi connectivity index (χ3n) is 2.65. The quantitative estimate of drug-likeness (QED) is 0.822. The average molecular weight is 368 g/mol. The molecule has 20 heavy (non-hydrogen) atoms. The number of nitrogens with zero attached hydrogens (tertiary/aromatic N) is 2. The molecule has 0 saturated carbocycles.